The van der Waals surface area contributed by atoms with Crippen LogP contribution >= 0.6 is 11.3 Å². The zero-order valence-electron chi connectivity index (χ0n) is 14.2. The molecule has 1 aromatic heterocycles. The molecular weight excluding hydrogens is 338 g/mol. The summed E-state index contributed by atoms with van der Waals surface area (Å²) >= 11 is 1.49. The van der Waals surface area contributed by atoms with E-state index in [-0.39, 0.29) is 0 Å². The van der Waals surface area contributed by atoms with E-state index in [0.717, 1.165) is 10.6 Å². The number of hydrogen-bond acceptors (Lipinski definition) is 6. The predicted molar refractivity (Wildman–Crippen MR) is 97.7 cm³/mol. The second-order valence-corrected chi connectivity index (χ2v) is 6.16. The highest BCUT2D eigenvalue weighted by atomic mass is 32.1. The van der Waals surface area contributed by atoms with Gasteiger partial charge in [-0.3, -0.25) is 0 Å². The molecule has 130 valence electrons. The summed E-state index contributed by atoms with van der Waals surface area (Å²) in [5, 5.41) is 13.5. The van der Waals surface area contributed by atoms with Gasteiger partial charge in [-0.15, -0.1) is 11.3 Å². The van der Waals surface area contributed by atoms with E-state index in [4.69, 9.17) is 14.2 Å². The van der Waals surface area contributed by atoms with Gasteiger partial charge in [-0.25, -0.2) is 4.98 Å². The third-order valence-corrected chi connectivity index (χ3v) is 4.74. The molecule has 0 aliphatic carbocycles. The molecule has 2 aromatic carbocycles. The van der Waals surface area contributed by atoms with Crippen molar-refractivity contribution in [3.8, 4) is 27.8 Å². The number of hydrogen-bond donors (Lipinski definition) is 1. The van der Waals surface area contributed by atoms with Crippen LogP contribution < -0.4 is 14.2 Å². The van der Waals surface area contributed by atoms with Crippen LogP contribution in [0.25, 0.3) is 10.6 Å². The van der Waals surface area contributed by atoms with Crippen LogP contribution in [0.4, 0.5) is 0 Å². The van der Waals surface area contributed by atoms with Crippen molar-refractivity contribution in [1.82, 2.24) is 4.98 Å². The molecule has 1 atom stereocenters. The average molecular weight is 357 g/mol. The first-order valence-electron chi connectivity index (χ1n) is 7.66. The Kier molecular flexibility index (Phi) is 5.21. The summed E-state index contributed by atoms with van der Waals surface area (Å²) in [5.41, 5.74) is 2.23. The highest BCUT2D eigenvalue weighted by Crippen LogP contribution is 2.41. The zero-order valence-corrected chi connectivity index (χ0v) is 15.0. The summed E-state index contributed by atoms with van der Waals surface area (Å²) in [6.45, 7) is 0. The minimum atomic E-state index is -0.887. The molecule has 5 nitrogen and oxygen atoms in total. The van der Waals surface area contributed by atoms with Crippen LogP contribution in [0.3, 0.4) is 0 Å². The highest BCUT2D eigenvalue weighted by molar-refractivity contribution is 7.13. The maximum absolute atomic E-state index is 10.7. The van der Waals surface area contributed by atoms with Gasteiger partial charge >= 0.3 is 0 Å². The quantitative estimate of drug-likeness (QED) is 0.725. The lowest BCUT2D eigenvalue weighted by Crippen LogP contribution is -2.03. The van der Waals surface area contributed by atoms with E-state index < -0.39 is 6.10 Å². The average Bonchev–Trinajstić information content (AvgIpc) is 3.17. The number of ether oxygens (including phenoxy) is 3. The normalized spacial score (nSPS) is 11.8. The molecule has 3 rings (SSSR count). The number of thiazole rings is 1. The van der Waals surface area contributed by atoms with Gasteiger partial charge in [0.25, 0.3) is 0 Å². The maximum Gasteiger partial charge on any atom is 0.203 e. The molecule has 0 amide bonds. The topological polar surface area (TPSA) is 60.8 Å². The fourth-order valence-corrected chi connectivity index (χ4v) is 3.40. The Labute approximate surface area is 150 Å². The number of aromatic nitrogens is 1. The molecule has 0 bridgehead atoms. The Bertz CT molecular complexity index is 823. The molecule has 6 heteroatoms. The summed E-state index contributed by atoms with van der Waals surface area (Å²) in [4.78, 5) is 4.57. The van der Waals surface area contributed by atoms with Crippen molar-refractivity contribution in [2.45, 2.75) is 6.10 Å². The van der Waals surface area contributed by atoms with Gasteiger partial charge in [-0.05, 0) is 17.7 Å². The third kappa shape index (κ3) is 3.45. The minimum Gasteiger partial charge on any atom is -0.493 e. The largest absolute Gasteiger partial charge is 0.493 e. The third-order valence-electron chi connectivity index (χ3n) is 3.83. The second kappa shape index (κ2) is 7.55. The Balaban J connectivity index is 1.96. The van der Waals surface area contributed by atoms with E-state index in [2.05, 4.69) is 4.98 Å². The summed E-state index contributed by atoms with van der Waals surface area (Å²) in [6.07, 6.45) is -0.887. The first-order chi connectivity index (χ1) is 12.2. The number of methoxy groups -OCH3 is 3. The first-order valence-corrected chi connectivity index (χ1v) is 8.54. The smallest absolute Gasteiger partial charge is 0.203 e. The number of aliphatic hydroxyl groups excluding tert-OH is 1. The predicted octanol–water partition coefficient (Wildman–Crippen LogP) is 3.92. The maximum atomic E-state index is 10.7. The van der Waals surface area contributed by atoms with Gasteiger partial charge in [0.1, 0.15) is 11.1 Å². The lowest BCUT2D eigenvalue weighted by molar-refractivity contribution is 0.214. The van der Waals surface area contributed by atoms with Crippen LogP contribution in [0.2, 0.25) is 0 Å². The molecule has 25 heavy (non-hydrogen) atoms. The molecule has 1 N–H and O–H groups in total. The summed E-state index contributed by atoms with van der Waals surface area (Å²) in [6, 6.07) is 13.3. The Morgan fingerprint density at radius 1 is 0.960 bits per heavy atom. The van der Waals surface area contributed by atoms with Crippen LogP contribution in [0.15, 0.2) is 47.8 Å². The van der Waals surface area contributed by atoms with Gasteiger partial charge in [-0.2, -0.15) is 0 Å². The van der Waals surface area contributed by atoms with Gasteiger partial charge in [-0.1, -0.05) is 30.3 Å². The minimum absolute atomic E-state index is 0.490. The fourth-order valence-electron chi connectivity index (χ4n) is 2.56. The van der Waals surface area contributed by atoms with Crippen molar-refractivity contribution in [1.29, 1.82) is 0 Å². The molecule has 0 fully saturated rings. The Morgan fingerprint density at radius 2 is 1.60 bits per heavy atom. The second-order valence-electron chi connectivity index (χ2n) is 5.30. The van der Waals surface area contributed by atoms with Gasteiger partial charge in [0.15, 0.2) is 11.5 Å². The van der Waals surface area contributed by atoms with Crippen molar-refractivity contribution in [2.75, 3.05) is 21.3 Å². The van der Waals surface area contributed by atoms with Crippen LogP contribution in [0.5, 0.6) is 17.2 Å². The fraction of sp³-hybridized carbons (Fsp3) is 0.211. The van der Waals surface area contributed by atoms with E-state index >= 15 is 0 Å². The van der Waals surface area contributed by atoms with Crippen molar-refractivity contribution in [3.63, 3.8) is 0 Å². The lowest BCUT2D eigenvalue weighted by atomic mass is 10.1. The van der Waals surface area contributed by atoms with Gasteiger partial charge in [0.05, 0.1) is 27.0 Å². The molecule has 3 aromatic rings. The van der Waals surface area contributed by atoms with E-state index in [1.807, 2.05) is 35.7 Å². The van der Waals surface area contributed by atoms with Crippen LogP contribution in [-0.4, -0.2) is 31.4 Å². The standard InChI is InChI=1S/C19H19NO4S/c1-22-15-9-13(10-16(23-2)18(15)24-3)17(21)14-11-25-19(20-14)12-7-5-4-6-8-12/h4-11,17,21H,1-3H3. The SMILES string of the molecule is COc1cc(C(O)c2csc(-c3ccccc3)n2)cc(OC)c1OC. The van der Waals surface area contributed by atoms with Crippen molar-refractivity contribution in [2.24, 2.45) is 0 Å². The molecule has 0 aliphatic rings. The van der Waals surface area contributed by atoms with Gasteiger partial charge < -0.3 is 19.3 Å². The van der Waals surface area contributed by atoms with E-state index in [9.17, 15) is 5.11 Å². The molecule has 0 radical (unpaired) electrons. The molecule has 1 unspecified atom stereocenters. The Morgan fingerprint density at radius 3 is 2.16 bits per heavy atom. The first kappa shape index (κ1) is 17.3. The number of rotatable bonds is 6. The van der Waals surface area contributed by atoms with Crippen molar-refractivity contribution < 1.29 is 19.3 Å². The molecule has 0 saturated heterocycles. The molecule has 0 aliphatic heterocycles. The molecule has 0 saturated carbocycles. The monoisotopic (exact) mass is 357 g/mol. The number of aliphatic hydroxyl groups is 1. The van der Waals surface area contributed by atoms with Gasteiger partial charge in [0, 0.05) is 10.9 Å². The summed E-state index contributed by atoms with van der Waals surface area (Å²) < 4.78 is 16.0. The van der Waals surface area contributed by atoms with Crippen molar-refractivity contribution >= 4 is 11.3 Å². The zero-order chi connectivity index (χ0) is 17.8. The van der Waals surface area contributed by atoms with Crippen LogP contribution in [0.1, 0.15) is 17.4 Å². The van der Waals surface area contributed by atoms with Crippen molar-refractivity contribution in [3.05, 3.63) is 59.1 Å². The molecule has 1 heterocycles. The summed E-state index contributed by atoms with van der Waals surface area (Å²) in [5.74, 6) is 1.48. The number of benzene rings is 2. The number of nitrogens with zero attached hydrogens (tertiary/aromatic N) is 1. The van der Waals surface area contributed by atoms with E-state index in [1.165, 1.54) is 11.3 Å². The molecular formula is C19H19NO4S. The molecule has 0 spiro atoms. The Hall–Kier alpha value is -2.57. The van der Waals surface area contributed by atoms with Gasteiger partial charge in [0.2, 0.25) is 5.75 Å². The van der Waals surface area contributed by atoms with Crippen LogP contribution in [-0.2, 0) is 0 Å². The van der Waals surface area contributed by atoms with E-state index in [1.54, 1.807) is 33.5 Å². The van der Waals surface area contributed by atoms with E-state index in [0.29, 0.717) is 28.5 Å². The summed E-state index contributed by atoms with van der Waals surface area (Å²) in [7, 11) is 4.64. The van der Waals surface area contributed by atoms with Crippen LogP contribution in [0, 0.1) is 0 Å². The lowest BCUT2D eigenvalue weighted by Gasteiger charge is -2.16. The highest BCUT2D eigenvalue weighted by Gasteiger charge is 2.20.